The minimum atomic E-state index is -4.43. The van der Waals surface area contributed by atoms with Crippen LogP contribution in [0.1, 0.15) is 12.5 Å². The van der Waals surface area contributed by atoms with Gasteiger partial charge in [0.1, 0.15) is 6.54 Å². The molecule has 1 N–H and O–H groups in total. The molecule has 0 heterocycles. The Labute approximate surface area is 185 Å². The van der Waals surface area contributed by atoms with Crippen molar-refractivity contribution in [1.29, 1.82) is 0 Å². The van der Waals surface area contributed by atoms with Crippen molar-refractivity contribution in [1.82, 2.24) is 5.43 Å². The third kappa shape index (κ3) is 5.16. The minimum Gasteiger partial charge on any atom is -0.271 e. The third-order valence-corrected chi connectivity index (χ3v) is 6.32. The van der Waals surface area contributed by atoms with Crippen LogP contribution in [0.25, 0.3) is 0 Å². The van der Waals surface area contributed by atoms with Crippen molar-refractivity contribution in [2.75, 3.05) is 10.8 Å². The molecule has 0 saturated heterocycles. The summed E-state index contributed by atoms with van der Waals surface area (Å²) in [6.07, 6.45) is 0. The van der Waals surface area contributed by atoms with E-state index in [1.807, 2.05) is 30.3 Å². The summed E-state index contributed by atoms with van der Waals surface area (Å²) in [5.41, 5.74) is 3.28. The number of rotatable bonds is 8. The lowest BCUT2D eigenvalue weighted by atomic mass is 10.1. The van der Waals surface area contributed by atoms with Gasteiger partial charge in [-0.05, 0) is 30.7 Å². The molecular formula is C22H20N4O5S. The second-order valence-electron chi connectivity index (χ2n) is 6.67. The first-order valence-electron chi connectivity index (χ1n) is 9.50. The maximum absolute atomic E-state index is 13.4. The van der Waals surface area contributed by atoms with Crippen LogP contribution in [0.2, 0.25) is 0 Å². The topological polar surface area (TPSA) is 122 Å². The molecule has 0 aromatic heterocycles. The lowest BCUT2D eigenvalue weighted by Crippen LogP contribution is -2.40. The van der Waals surface area contributed by atoms with E-state index in [-0.39, 0.29) is 5.69 Å². The smallest absolute Gasteiger partial charge is 0.271 e. The number of amides is 1. The molecule has 3 aromatic rings. The van der Waals surface area contributed by atoms with Crippen LogP contribution in [0, 0.1) is 10.1 Å². The van der Waals surface area contributed by atoms with Gasteiger partial charge in [0.25, 0.3) is 21.6 Å². The standard InChI is InChI=1S/C22H20N4O5S/c1-17(18-10-4-2-5-11-18)23-24-22(27)16-25(19-12-6-3-7-13-19)32(30,31)21-15-9-8-14-20(21)26(28)29/h2-15H,16H2,1H3,(H,24,27). The zero-order valence-electron chi connectivity index (χ0n) is 17.1. The van der Waals surface area contributed by atoms with Gasteiger partial charge >= 0.3 is 0 Å². The van der Waals surface area contributed by atoms with Crippen molar-refractivity contribution in [2.45, 2.75) is 11.8 Å². The lowest BCUT2D eigenvalue weighted by molar-refractivity contribution is -0.387. The van der Waals surface area contributed by atoms with Crippen LogP contribution < -0.4 is 9.73 Å². The van der Waals surface area contributed by atoms with E-state index in [9.17, 15) is 23.3 Å². The number of nitro benzene ring substituents is 1. The van der Waals surface area contributed by atoms with Gasteiger partial charge < -0.3 is 0 Å². The number of sulfonamides is 1. The van der Waals surface area contributed by atoms with E-state index in [0.717, 1.165) is 22.0 Å². The Hall–Kier alpha value is -4.05. The predicted molar refractivity (Wildman–Crippen MR) is 121 cm³/mol. The molecule has 1 amide bonds. The van der Waals surface area contributed by atoms with Gasteiger partial charge in [-0.3, -0.25) is 19.2 Å². The molecule has 0 aliphatic carbocycles. The molecule has 0 atom stereocenters. The van der Waals surface area contributed by atoms with Crippen molar-refractivity contribution in [2.24, 2.45) is 5.10 Å². The largest absolute Gasteiger partial charge is 0.289 e. The van der Waals surface area contributed by atoms with E-state index in [1.165, 1.54) is 24.3 Å². The Morgan fingerprint density at radius 3 is 2.16 bits per heavy atom. The number of hydrogen-bond acceptors (Lipinski definition) is 6. The van der Waals surface area contributed by atoms with Crippen LogP contribution >= 0.6 is 0 Å². The highest BCUT2D eigenvalue weighted by Crippen LogP contribution is 2.29. The van der Waals surface area contributed by atoms with Crippen LogP contribution in [-0.2, 0) is 14.8 Å². The second-order valence-corrected chi connectivity index (χ2v) is 8.50. The average Bonchev–Trinajstić information content (AvgIpc) is 2.82. The summed E-state index contributed by atoms with van der Waals surface area (Å²) in [7, 11) is -4.43. The summed E-state index contributed by atoms with van der Waals surface area (Å²) in [6, 6.07) is 22.0. The van der Waals surface area contributed by atoms with Gasteiger partial charge in [0.15, 0.2) is 4.90 Å². The summed E-state index contributed by atoms with van der Waals surface area (Å²) < 4.78 is 27.5. The molecule has 0 aliphatic rings. The molecular weight excluding hydrogens is 432 g/mol. The predicted octanol–water partition coefficient (Wildman–Crippen LogP) is 3.33. The van der Waals surface area contributed by atoms with Crippen LogP contribution in [0.3, 0.4) is 0 Å². The van der Waals surface area contributed by atoms with Gasteiger partial charge in [0.05, 0.1) is 16.3 Å². The van der Waals surface area contributed by atoms with Crippen molar-refractivity contribution in [3.63, 3.8) is 0 Å². The van der Waals surface area contributed by atoms with Crippen molar-refractivity contribution in [3.8, 4) is 0 Å². The Balaban J connectivity index is 1.93. The SMILES string of the molecule is CC(=NNC(=O)CN(c1ccccc1)S(=O)(=O)c1ccccc1[N+](=O)[O-])c1ccccc1. The molecule has 9 nitrogen and oxygen atoms in total. The molecule has 164 valence electrons. The maximum Gasteiger partial charge on any atom is 0.289 e. The number of para-hydroxylation sites is 2. The van der Waals surface area contributed by atoms with E-state index < -0.39 is 38.0 Å². The summed E-state index contributed by atoms with van der Waals surface area (Å²) in [5, 5.41) is 15.4. The summed E-state index contributed by atoms with van der Waals surface area (Å²) in [4.78, 5) is 22.7. The van der Waals surface area contributed by atoms with Gasteiger partial charge in [-0.25, -0.2) is 13.8 Å². The van der Waals surface area contributed by atoms with Gasteiger partial charge in [-0.1, -0.05) is 60.7 Å². The fourth-order valence-electron chi connectivity index (χ4n) is 2.91. The molecule has 32 heavy (non-hydrogen) atoms. The van der Waals surface area contributed by atoms with Gasteiger partial charge in [0, 0.05) is 6.07 Å². The summed E-state index contributed by atoms with van der Waals surface area (Å²) >= 11 is 0. The fraction of sp³-hybridized carbons (Fsp3) is 0.0909. The number of benzene rings is 3. The first-order chi connectivity index (χ1) is 15.3. The number of hydrazone groups is 1. The highest BCUT2D eigenvalue weighted by Gasteiger charge is 2.33. The molecule has 0 unspecified atom stereocenters. The number of nitrogens with one attached hydrogen (secondary N) is 1. The first-order valence-corrected chi connectivity index (χ1v) is 10.9. The molecule has 0 spiro atoms. The normalized spacial score (nSPS) is 11.6. The van der Waals surface area contributed by atoms with Crippen LogP contribution in [0.4, 0.5) is 11.4 Å². The highest BCUT2D eigenvalue weighted by molar-refractivity contribution is 7.93. The van der Waals surface area contributed by atoms with Gasteiger partial charge in [-0.2, -0.15) is 5.10 Å². The second kappa shape index (κ2) is 9.84. The lowest BCUT2D eigenvalue weighted by Gasteiger charge is -2.23. The van der Waals surface area contributed by atoms with E-state index >= 15 is 0 Å². The maximum atomic E-state index is 13.4. The number of carbonyl (C=O) groups is 1. The van der Waals surface area contributed by atoms with Crippen LogP contribution in [0.5, 0.6) is 0 Å². The summed E-state index contributed by atoms with van der Waals surface area (Å²) in [6.45, 7) is 1.08. The first kappa shape index (κ1) is 22.6. The minimum absolute atomic E-state index is 0.185. The number of nitro groups is 1. The van der Waals surface area contributed by atoms with E-state index in [1.54, 1.807) is 25.1 Å². The third-order valence-electron chi connectivity index (χ3n) is 4.50. The summed E-state index contributed by atoms with van der Waals surface area (Å²) in [5.74, 6) is -0.703. The van der Waals surface area contributed by atoms with Crippen LogP contribution in [-0.4, -0.2) is 31.5 Å². The average molecular weight is 452 g/mol. The van der Waals surface area contributed by atoms with Gasteiger partial charge in [0.2, 0.25) is 0 Å². The molecule has 0 radical (unpaired) electrons. The number of hydrogen-bond donors (Lipinski definition) is 1. The quantitative estimate of drug-likeness (QED) is 0.319. The van der Waals surface area contributed by atoms with Crippen LogP contribution in [0.15, 0.2) is 94.9 Å². The Bertz CT molecular complexity index is 1250. The Kier molecular flexibility index (Phi) is 6.96. The van der Waals surface area contributed by atoms with E-state index in [0.29, 0.717) is 5.71 Å². The number of carbonyl (C=O) groups excluding carboxylic acids is 1. The molecule has 10 heteroatoms. The number of nitrogens with zero attached hydrogens (tertiary/aromatic N) is 3. The number of anilines is 1. The Morgan fingerprint density at radius 2 is 1.53 bits per heavy atom. The highest BCUT2D eigenvalue weighted by atomic mass is 32.2. The van der Waals surface area contributed by atoms with Crippen molar-refractivity contribution in [3.05, 3.63) is 101 Å². The molecule has 0 bridgehead atoms. The van der Waals surface area contributed by atoms with E-state index in [2.05, 4.69) is 10.5 Å². The molecule has 3 rings (SSSR count). The van der Waals surface area contributed by atoms with E-state index in [4.69, 9.17) is 0 Å². The van der Waals surface area contributed by atoms with Crippen molar-refractivity contribution >= 4 is 33.0 Å². The van der Waals surface area contributed by atoms with Crippen molar-refractivity contribution < 1.29 is 18.1 Å². The molecule has 0 saturated carbocycles. The van der Waals surface area contributed by atoms with Gasteiger partial charge in [-0.15, -0.1) is 0 Å². The fourth-order valence-corrected chi connectivity index (χ4v) is 4.49. The molecule has 0 fully saturated rings. The molecule has 3 aromatic carbocycles. The Morgan fingerprint density at radius 1 is 0.969 bits per heavy atom. The zero-order chi connectivity index (χ0) is 23.1. The zero-order valence-corrected chi connectivity index (χ0v) is 17.9. The molecule has 0 aliphatic heterocycles. The monoisotopic (exact) mass is 452 g/mol.